The van der Waals surface area contributed by atoms with Gasteiger partial charge in [-0.2, -0.15) is 0 Å². The lowest BCUT2D eigenvalue weighted by atomic mass is 9.92. The van der Waals surface area contributed by atoms with E-state index < -0.39 is 28.7 Å². The van der Waals surface area contributed by atoms with E-state index in [0.717, 1.165) is 23.3 Å². The van der Waals surface area contributed by atoms with Gasteiger partial charge in [-0.15, -0.1) is 0 Å². The Kier molecular flexibility index (Phi) is 5.10. The molecule has 0 spiro atoms. The van der Waals surface area contributed by atoms with Gasteiger partial charge in [-0.05, 0) is 49.2 Å². The molecule has 156 valence electrons. The van der Waals surface area contributed by atoms with Gasteiger partial charge in [0.25, 0.3) is 5.91 Å². The molecule has 0 saturated heterocycles. The first-order valence-corrected chi connectivity index (χ1v) is 9.54. The first kappa shape index (κ1) is 20.4. The molecule has 1 N–H and O–H groups in total. The van der Waals surface area contributed by atoms with E-state index in [1.165, 1.54) is 6.07 Å². The van der Waals surface area contributed by atoms with E-state index in [0.29, 0.717) is 5.56 Å². The third-order valence-electron chi connectivity index (χ3n) is 4.95. The molecular weight excluding hydrogens is 402 g/mol. The van der Waals surface area contributed by atoms with E-state index in [2.05, 4.69) is 10.5 Å². The molecular formula is C24H18F2N2O3. The maximum absolute atomic E-state index is 14.1. The SMILES string of the molecule is CC1(C)ON=C(c2cc(-c3ccccc3)ccc2NC(=O)c2c(F)cccc2F)C1=O. The summed E-state index contributed by atoms with van der Waals surface area (Å²) in [5, 5.41) is 6.42. The topological polar surface area (TPSA) is 67.8 Å². The van der Waals surface area contributed by atoms with Crippen LogP contribution < -0.4 is 5.32 Å². The van der Waals surface area contributed by atoms with Crippen molar-refractivity contribution in [2.75, 3.05) is 5.32 Å². The fourth-order valence-electron chi connectivity index (χ4n) is 3.26. The molecule has 5 nitrogen and oxygen atoms in total. The normalized spacial score (nSPS) is 14.7. The third kappa shape index (κ3) is 3.82. The molecule has 0 aromatic heterocycles. The number of carbonyl (C=O) groups excluding carboxylic acids is 2. The number of Topliss-reactive ketones (excluding diaryl/α,β-unsaturated/α-hetero) is 1. The first-order chi connectivity index (χ1) is 14.8. The highest BCUT2D eigenvalue weighted by Gasteiger charge is 2.41. The molecule has 0 unspecified atom stereocenters. The van der Waals surface area contributed by atoms with Crippen LogP contribution in [0.25, 0.3) is 11.1 Å². The van der Waals surface area contributed by atoms with E-state index in [1.54, 1.807) is 32.0 Å². The molecule has 31 heavy (non-hydrogen) atoms. The summed E-state index contributed by atoms with van der Waals surface area (Å²) in [6.45, 7) is 3.17. The van der Waals surface area contributed by atoms with Gasteiger partial charge in [0.2, 0.25) is 5.78 Å². The zero-order valence-corrected chi connectivity index (χ0v) is 16.8. The lowest BCUT2D eigenvalue weighted by Gasteiger charge is -2.15. The predicted molar refractivity (Wildman–Crippen MR) is 113 cm³/mol. The second-order valence-corrected chi connectivity index (χ2v) is 7.55. The van der Waals surface area contributed by atoms with Crippen LogP contribution in [0.3, 0.4) is 0 Å². The fourth-order valence-corrected chi connectivity index (χ4v) is 3.26. The Balaban J connectivity index is 1.79. The van der Waals surface area contributed by atoms with Crippen molar-refractivity contribution in [3.05, 3.63) is 89.5 Å². The quantitative estimate of drug-likeness (QED) is 0.648. The number of benzene rings is 3. The first-order valence-electron chi connectivity index (χ1n) is 9.54. The van der Waals surface area contributed by atoms with Crippen LogP contribution in [0.2, 0.25) is 0 Å². The minimum Gasteiger partial charge on any atom is -0.381 e. The Hall–Kier alpha value is -3.87. The smallest absolute Gasteiger partial charge is 0.261 e. The third-order valence-corrected chi connectivity index (χ3v) is 4.95. The van der Waals surface area contributed by atoms with Crippen molar-refractivity contribution in [2.45, 2.75) is 19.4 Å². The zero-order valence-electron chi connectivity index (χ0n) is 16.8. The number of hydrogen-bond acceptors (Lipinski definition) is 4. The number of halogens is 2. The highest BCUT2D eigenvalue weighted by Crippen LogP contribution is 2.31. The number of anilines is 1. The number of hydrogen-bond donors (Lipinski definition) is 1. The Labute approximate surface area is 177 Å². The summed E-state index contributed by atoms with van der Waals surface area (Å²) >= 11 is 0. The summed E-state index contributed by atoms with van der Waals surface area (Å²) in [5.74, 6) is -3.32. The Morgan fingerprint density at radius 1 is 0.935 bits per heavy atom. The lowest BCUT2D eigenvalue weighted by molar-refractivity contribution is -0.128. The average Bonchev–Trinajstić information content (AvgIpc) is 3.01. The largest absolute Gasteiger partial charge is 0.381 e. The van der Waals surface area contributed by atoms with Crippen LogP contribution in [0, 0.1) is 11.6 Å². The molecule has 0 atom stereocenters. The molecule has 0 aliphatic carbocycles. The molecule has 0 saturated carbocycles. The maximum Gasteiger partial charge on any atom is 0.261 e. The van der Waals surface area contributed by atoms with Crippen molar-refractivity contribution >= 4 is 23.1 Å². The summed E-state index contributed by atoms with van der Waals surface area (Å²) in [5.41, 5.74) is 0.280. The van der Waals surface area contributed by atoms with Crippen LogP contribution in [-0.4, -0.2) is 23.0 Å². The Morgan fingerprint density at radius 2 is 1.61 bits per heavy atom. The van der Waals surface area contributed by atoms with Crippen molar-refractivity contribution in [2.24, 2.45) is 5.16 Å². The summed E-state index contributed by atoms with van der Waals surface area (Å²) in [7, 11) is 0. The highest BCUT2D eigenvalue weighted by molar-refractivity contribution is 6.50. The maximum atomic E-state index is 14.1. The van der Waals surface area contributed by atoms with Crippen LogP contribution in [0.15, 0.2) is 71.9 Å². The van der Waals surface area contributed by atoms with Gasteiger partial charge in [-0.1, -0.05) is 47.6 Å². The van der Waals surface area contributed by atoms with Crippen molar-refractivity contribution < 1.29 is 23.2 Å². The molecule has 0 radical (unpaired) electrons. The minimum atomic E-state index is -1.16. The number of carbonyl (C=O) groups is 2. The predicted octanol–water partition coefficient (Wildman–Crippen LogP) is 4.97. The van der Waals surface area contributed by atoms with E-state index in [4.69, 9.17) is 4.84 Å². The van der Waals surface area contributed by atoms with Gasteiger partial charge >= 0.3 is 0 Å². The van der Waals surface area contributed by atoms with Crippen molar-refractivity contribution in [3.63, 3.8) is 0 Å². The summed E-state index contributed by atoms with van der Waals surface area (Å²) in [6.07, 6.45) is 0. The van der Waals surface area contributed by atoms with Gasteiger partial charge in [0, 0.05) is 5.56 Å². The minimum absolute atomic E-state index is 0.0205. The van der Waals surface area contributed by atoms with Crippen LogP contribution in [-0.2, 0) is 9.63 Å². The van der Waals surface area contributed by atoms with Crippen molar-refractivity contribution in [3.8, 4) is 11.1 Å². The standard InChI is InChI=1S/C24H18F2N2O3/c1-24(2)22(29)21(28-31-24)16-13-15(14-7-4-3-5-8-14)11-12-19(16)27-23(30)20-17(25)9-6-10-18(20)26/h3-13H,1-2H3,(H,27,30). The number of amides is 1. The Bertz CT molecular complexity index is 1200. The van der Waals surface area contributed by atoms with E-state index >= 15 is 0 Å². The molecule has 7 heteroatoms. The molecule has 1 aliphatic heterocycles. The van der Waals surface area contributed by atoms with Gasteiger partial charge in [0.15, 0.2) is 11.3 Å². The van der Waals surface area contributed by atoms with Gasteiger partial charge < -0.3 is 10.2 Å². The average molecular weight is 420 g/mol. The zero-order chi connectivity index (χ0) is 22.2. The molecule has 4 rings (SSSR count). The van der Waals surface area contributed by atoms with Gasteiger partial charge in [0.1, 0.15) is 17.2 Å². The molecule has 1 heterocycles. The Morgan fingerprint density at radius 3 is 2.23 bits per heavy atom. The molecule has 1 aliphatic rings. The van der Waals surface area contributed by atoms with E-state index in [1.807, 2.05) is 30.3 Å². The molecule has 0 fully saturated rings. The monoisotopic (exact) mass is 420 g/mol. The van der Waals surface area contributed by atoms with Crippen molar-refractivity contribution in [1.29, 1.82) is 0 Å². The number of ketones is 1. The second kappa shape index (κ2) is 7.75. The number of oxime groups is 1. The van der Waals surface area contributed by atoms with Crippen LogP contribution in [0.5, 0.6) is 0 Å². The van der Waals surface area contributed by atoms with Gasteiger partial charge in [-0.25, -0.2) is 8.78 Å². The van der Waals surface area contributed by atoms with Crippen LogP contribution in [0.1, 0.15) is 29.8 Å². The van der Waals surface area contributed by atoms with Crippen LogP contribution in [0.4, 0.5) is 14.5 Å². The van der Waals surface area contributed by atoms with E-state index in [-0.39, 0.29) is 17.2 Å². The molecule has 0 bridgehead atoms. The number of nitrogens with zero attached hydrogens (tertiary/aromatic N) is 1. The van der Waals surface area contributed by atoms with Gasteiger partial charge in [0.05, 0.1) is 5.69 Å². The summed E-state index contributed by atoms with van der Waals surface area (Å²) < 4.78 is 28.1. The highest BCUT2D eigenvalue weighted by atomic mass is 19.1. The second-order valence-electron chi connectivity index (χ2n) is 7.55. The lowest BCUT2D eigenvalue weighted by Crippen LogP contribution is -2.33. The molecule has 3 aromatic rings. The fraction of sp³-hybridized carbons (Fsp3) is 0.125. The number of rotatable bonds is 4. The molecule has 1 amide bonds. The van der Waals surface area contributed by atoms with E-state index in [9.17, 15) is 18.4 Å². The van der Waals surface area contributed by atoms with Gasteiger partial charge in [-0.3, -0.25) is 9.59 Å². The summed E-state index contributed by atoms with van der Waals surface area (Å²) in [4.78, 5) is 30.7. The van der Waals surface area contributed by atoms with Crippen LogP contribution >= 0.6 is 0 Å². The van der Waals surface area contributed by atoms with Crippen molar-refractivity contribution in [1.82, 2.24) is 0 Å². The molecule has 3 aromatic carbocycles. The number of nitrogens with one attached hydrogen (secondary N) is 1. The summed E-state index contributed by atoms with van der Waals surface area (Å²) in [6, 6.07) is 17.6.